The molecule has 0 radical (unpaired) electrons. The van der Waals surface area contributed by atoms with Crippen LogP contribution in [0.3, 0.4) is 0 Å². The van der Waals surface area contributed by atoms with Crippen LogP contribution in [0.15, 0.2) is 0 Å². The Morgan fingerprint density at radius 3 is 2.36 bits per heavy atom. The third-order valence-corrected chi connectivity index (χ3v) is 1.96. The molecule has 5 nitrogen and oxygen atoms in total. The van der Waals surface area contributed by atoms with Crippen LogP contribution in [0.1, 0.15) is 27.2 Å². The fraction of sp³-hybridized carbons (Fsp3) is 0.667. The maximum Gasteiger partial charge on any atom is 0.249 e. The van der Waals surface area contributed by atoms with Gasteiger partial charge in [-0.15, -0.1) is 0 Å². The number of amides is 3. The highest BCUT2D eigenvalue weighted by molar-refractivity contribution is 6.07. The first kappa shape index (κ1) is 10.7. The van der Waals surface area contributed by atoms with Crippen LogP contribution in [0, 0.1) is 5.41 Å². The predicted molar refractivity (Wildman–Crippen MR) is 49.2 cm³/mol. The van der Waals surface area contributed by atoms with Crippen LogP contribution < -0.4 is 10.6 Å². The normalized spacial score (nSPS) is 22.1. The molecule has 0 spiro atoms. The maximum absolute atomic E-state index is 11.5. The van der Waals surface area contributed by atoms with Crippen molar-refractivity contribution in [3.05, 3.63) is 0 Å². The maximum atomic E-state index is 11.5. The standard InChI is InChI=1S/C9H14N2O3/c1-9(2,3)8(14)10-5-4-6(12)11-7(5)13/h5H,4H2,1-3H3,(H,10,14)(H,11,12,13)/t5-/m0/s1. The van der Waals surface area contributed by atoms with Crippen LogP contribution in [0.4, 0.5) is 0 Å². The molecule has 78 valence electrons. The third-order valence-electron chi connectivity index (χ3n) is 1.96. The van der Waals surface area contributed by atoms with Crippen molar-refractivity contribution in [1.82, 2.24) is 10.6 Å². The lowest BCUT2D eigenvalue weighted by atomic mass is 9.95. The Kier molecular flexibility index (Phi) is 2.59. The van der Waals surface area contributed by atoms with E-state index in [0.717, 1.165) is 0 Å². The van der Waals surface area contributed by atoms with Crippen molar-refractivity contribution in [3.8, 4) is 0 Å². The van der Waals surface area contributed by atoms with Crippen molar-refractivity contribution in [1.29, 1.82) is 0 Å². The first-order valence-corrected chi connectivity index (χ1v) is 4.45. The molecule has 1 fully saturated rings. The summed E-state index contributed by atoms with van der Waals surface area (Å²) in [7, 11) is 0. The number of hydrogen-bond acceptors (Lipinski definition) is 3. The Morgan fingerprint density at radius 2 is 2.00 bits per heavy atom. The lowest BCUT2D eigenvalue weighted by molar-refractivity contribution is -0.132. The van der Waals surface area contributed by atoms with Crippen molar-refractivity contribution < 1.29 is 14.4 Å². The second-order valence-corrected chi connectivity index (χ2v) is 4.39. The molecule has 3 amide bonds. The summed E-state index contributed by atoms with van der Waals surface area (Å²) in [6.07, 6.45) is 0.0423. The van der Waals surface area contributed by atoms with Gasteiger partial charge in [0.2, 0.25) is 17.7 Å². The number of imide groups is 1. The van der Waals surface area contributed by atoms with Crippen LogP contribution in [0.5, 0.6) is 0 Å². The van der Waals surface area contributed by atoms with E-state index in [4.69, 9.17) is 0 Å². The topological polar surface area (TPSA) is 75.3 Å². The molecule has 1 atom stereocenters. The van der Waals surface area contributed by atoms with Crippen molar-refractivity contribution in [2.45, 2.75) is 33.2 Å². The lowest BCUT2D eigenvalue weighted by Crippen LogP contribution is -2.45. The Labute approximate surface area is 82.2 Å². The zero-order chi connectivity index (χ0) is 10.9. The average molecular weight is 198 g/mol. The average Bonchev–Trinajstić information content (AvgIpc) is 2.28. The van der Waals surface area contributed by atoms with Crippen molar-refractivity contribution in [2.24, 2.45) is 5.41 Å². The molecule has 0 unspecified atom stereocenters. The van der Waals surface area contributed by atoms with Crippen LogP contribution in [-0.4, -0.2) is 23.8 Å². The van der Waals surface area contributed by atoms with Gasteiger partial charge in [-0.05, 0) is 0 Å². The van der Waals surface area contributed by atoms with Crippen molar-refractivity contribution in [3.63, 3.8) is 0 Å². The van der Waals surface area contributed by atoms with E-state index in [-0.39, 0.29) is 18.2 Å². The molecule has 1 heterocycles. The second kappa shape index (κ2) is 3.40. The van der Waals surface area contributed by atoms with E-state index in [1.807, 2.05) is 0 Å². The largest absolute Gasteiger partial charge is 0.343 e. The van der Waals surface area contributed by atoms with Crippen LogP contribution in [-0.2, 0) is 14.4 Å². The van der Waals surface area contributed by atoms with E-state index in [1.54, 1.807) is 20.8 Å². The van der Waals surface area contributed by atoms with Gasteiger partial charge in [-0.1, -0.05) is 20.8 Å². The van der Waals surface area contributed by atoms with Gasteiger partial charge in [0.15, 0.2) is 0 Å². The SMILES string of the molecule is CC(C)(C)C(=O)N[C@H]1CC(=O)NC1=O. The smallest absolute Gasteiger partial charge is 0.249 e. The summed E-state index contributed by atoms with van der Waals surface area (Å²) in [5.41, 5.74) is -0.550. The van der Waals surface area contributed by atoms with Gasteiger partial charge < -0.3 is 5.32 Å². The Balaban J connectivity index is 2.58. The molecule has 0 aromatic carbocycles. The van der Waals surface area contributed by atoms with Crippen LogP contribution in [0.25, 0.3) is 0 Å². The third kappa shape index (κ3) is 2.31. The quantitative estimate of drug-likeness (QED) is 0.561. The summed E-state index contributed by atoms with van der Waals surface area (Å²) in [5, 5.41) is 4.66. The number of hydrogen-bond donors (Lipinski definition) is 2. The molecule has 0 saturated carbocycles. The molecule has 5 heteroatoms. The van der Waals surface area contributed by atoms with E-state index in [2.05, 4.69) is 10.6 Å². The first-order chi connectivity index (χ1) is 6.30. The van der Waals surface area contributed by atoms with E-state index >= 15 is 0 Å². The Morgan fingerprint density at radius 1 is 1.43 bits per heavy atom. The number of nitrogens with one attached hydrogen (secondary N) is 2. The van der Waals surface area contributed by atoms with Gasteiger partial charge in [0.05, 0.1) is 6.42 Å². The zero-order valence-corrected chi connectivity index (χ0v) is 8.51. The van der Waals surface area contributed by atoms with E-state index < -0.39 is 17.4 Å². The second-order valence-electron chi connectivity index (χ2n) is 4.39. The minimum absolute atomic E-state index is 0.0423. The van der Waals surface area contributed by atoms with Gasteiger partial charge >= 0.3 is 0 Å². The van der Waals surface area contributed by atoms with Gasteiger partial charge in [0, 0.05) is 5.41 Å². The number of carbonyl (C=O) groups is 3. The zero-order valence-electron chi connectivity index (χ0n) is 8.51. The predicted octanol–water partition coefficient (Wildman–Crippen LogP) is -0.436. The summed E-state index contributed by atoms with van der Waals surface area (Å²) in [6, 6.07) is -0.700. The highest BCUT2D eigenvalue weighted by Gasteiger charge is 2.34. The Hall–Kier alpha value is -1.39. The minimum Gasteiger partial charge on any atom is -0.343 e. The first-order valence-electron chi connectivity index (χ1n) is 4.45. The number of rotatable bonds is 1. The summed E-state index contributed by atoms with van der Waals surface area (Å²) in [4.78, 5) is 33.4. The van der Waals surface area contributed by atoms with E-state index in [9.17, 15) is 14.4 Å². The van der Waals surface area contributed by atoms with Crippen molar-refractivity contribution in [2.75, 3.05) is 0 Å². The van der Waals surface area contributed by atoms with E-state index in [1.165, 1.54) is 0 Å². The van der Waals surface area contributed by atoms with Gasteiger partial charge in [-0.3, -0.25) is 19.7 Å². The summed E-state index contributed by atoms with van der Waals surface area (Å²) < 4.78 is 0. The monoisotopic (exact) mass is 198 g/mol. The van der Waals surface area contributed by atoms with Crippen LogP contribution in [0.2, 0.25) is 0 Å². The molecule has 14 heavy (non-hydrogen) atoms. The fourth-order valence-corrected chi connectivity index (χ4v) is 1.04. The van der Waals surface area contributed by atoms with Gasteiger partial charge in [-0.25, -0.2) is 0 Å². The molecule has 1 saturated heterocycles. The molecule has 0 bridgehead atoms. The van der Waals surface area contributed by atoms with Crippen molar-refractivity contribution >= 4 is 17.7 Å². The van der Waals surface area contributed by atoms with Gasteiger partial charge in [0.1, 0.15) is 6.04 Å². The minimum atomic E-state index is -0.700. The highest BCUT2D eigenvalue weighted by atomic mass is 16.2. The summed E-state index contributed by atoms with van der Waals surface area (Å²) in [5.74, 6) is -0.992. The summed E-state index contributed by atoms with van der Waals surface area (Å²) in [6.45, 7) is 5.24. The Bertz CT molecular complexity index is 291. The molecule has 0 aliphatic carbocycles. The van der Waals surface area contributed by atoms with E-state index in [0.29, 0.717) is 0 Å². The molecule has 1 aliphatic rings. The molecule has 1 rings (SSSR count). The fourth-order valence-electron chi connectivity index (χ4n) is 1.04. The molecule has 2 N–H and O–H groups in total. The highest BCUT2D eigenvalue weighted by Crippen LogP contribution is 2.14. The van der Waals surface area contributed by atoms with Gasteiger partial charge in [-0.2, -0.15) is 0 Å². The summed E-state index contributed by atoms with van der Waals surface area (Å²) >= 11 is 0. The molecule has 0 aromatic rings. The number of carbonyl (C=O) groups excluding carboxylic acids is 3. The molecular weight excluding hydrogens is 184 g/mol. The van der Waals surface area contributed by atoms with Gasteiger partial charge in [0.25, 0.3) is 0 Å². The lowest BCUT2D eigenvalue weighted by Gasteiger charge is -2.19. The molecule has 1 aliphatic heterocycles. The molecule has 0 aromatic heterocycles. The molecular formula is C9H14N2O3. The van der Waals surface area contributed by atoms with Crippen LogP contribution >= 0.6 is 0 Å².